The van der Waals surface area contributed by atoms with Crippen LogP contribution in [0.2, 0.25) is 0 Å². The minimum Gasteiger partial charge on any atom is -0.399 e. The summed E-state index contributed by atoms with van der Waals surface area (Å²) in [4.78, 5) is 0. The van der Waals surface area contributed by atoms with Crippen molar-refractivity contribution in [3.05, 3.63) is 65.2 Å². The molecule has 0 spiro atoms. The molecule has 0 aromatic heterocycles. The van der Waals surface area contributed by atoms with Crippen molar-refractivity contribution in [2.45, 2.75) is 19.1 Å². The van der Waals surface area contributed by atoms with Crippen LogP contribution in [0.15, 0.2) is 48.5 Å². The highest BCUT2D eigenvalue weighted by atomic mass is 32.2. The van der Waals surface area contributed by atoms with E-state index in [4.69, 9.17) is 5.73 Å². The number of aryl methyl sites for hydroxylation is 1. The van der Waals surface area contributed by atoms with Gasteiger partial charge in [0.25, 0.3) is 0 Å². The lowest BCUT2D eigenvalue weighted by Gasteiger charge is -2.07. The Morgan fingerprint density at radius 2 is 1.76 bits per heavy atom. The summed E-state index contributed by atoms with van der Waals surface area (Å²) in [6, 6.07) is 15.0. The van der Waals surface area contributed by atoms with E-state index >= 15 is 0 Å². The van der Waals surface area contributed by atoms with E-state index in [1.807, 2.05) is 55.5 Å². The van der Waals surface area contributed by atoms with Gasteiger partial charge in [-0.25, -0.2) is 13.1 Å². The highest BCUT2D eigenvalue weighted by Gasteiger charge is 2.10. The number of nitrogens with one attached hydrogen (secondary N) is 1. The molecule has 0 radical (unpaired) electrons. The smallest absolute Gasteiger partial charge is 0.215 e. The fourth-order valence-corrected chi connectivity index (χ4v) is 3.24. The Hall–Kier alpha value is -1.85. The highest BCUT2D eigenvalue weighted by molar-refractivity contribution is 7.88. The summed E-state index contributed by atoms with van der Waals surface area (Å²) in [5, 5.41) is 0. The van der Waals surface area contributed by atoms with Crippen molar-refractivity contribution >= 4 is 15.7 Å². The summed E-state index contributed by atoms with van der Waals surface area (Å²) in [6.45, 7) is 2.34. The van der Waals surface area contributed by atoms with Crippen LogP contribution in [-0.2, 0) is 22.2 Å². The first-order valence-electron chi connectivity index (χ1n) is 6.82. The Morgan fingerprint density at radius 3 is 2.43 bits per heavy atom. The molecule has 0 heterocycles. The van der Waals surface area contributed by atoms with E-state index in [0.29, 0.717) is 18.7 Å². The molecular weight excluding hydrogens is 284 g/mol. The molecule has 0 saturated heterocycles. The molecule has 0 amide bonds. The van der Waals surface area contributed by atoms with Gasteiger partial charge in [-0.15, -0.1) is 0 Å². The summed E-state index contributed by atoms with van der Waals surface area (Å²) in [7, 11) is -3.30. The van der Waals surface area contributed by atoms with E-state index in [1.165, 1.54) is 0 Å². The van der Waals surface area contributed by atoms with Crippen molar-refractivity contribution in [1.82, 2.24) is 4.72 Å². The van der Waals surface area contributed by atoms with Crippen LogP contribution in [0.1, 0.15) is 16.7 Å². The maximum Gasteiger partial charge on any atom is 0.215 e. The average Bonchev–Trinajstić information content (AvgIpc) is 2.40. The number of rotatable bonds is 6. The third-order valence-electron chi connectivity index (χ3n) is 3.15. The third-order valence-corrected chi connectivity index (χ3v) is 4.51. The summed E-state index contributed by atoms with van der Waals surface area (Å²) in [5.41, 5.74) is 9.24. The number of sulfonamides is 1. The van der Waals surface area contributed by atoms with E-state index in [9.17, 15) is 8.42 Å². The van der Waals surface area contributed by atoms with Gasteiger partial charge in [0.05, 0.1) is 5.75 Å². The molecule has 4 nitrogen and oxygen atoms in total. The van der Waals surface area contributed by atoms with Crippen LogP contribution >= 0.6 is 0 Å². The average molecular weight is 304 g/mol. The quantitative estimate of drug-likeness (QED) is 0.804. The summed E-state index contributed by atoms with van der Waals surface area (Å²) in [5.74, 6) is 0.0103. The largest absolute Gasteiger partial charge is 0.399 e. The third kappa shape index (κ3) is 5.21. The van der Waals surface area contributed by atoms with E-state index in [-0.39, 0.29) is 5.75 Å². The van der Waals surface area contributed by atoms with Crippen LogP contribution in [0.4, 0.5) is 5.69 Å². The van der Waals surface area contributed by atoms with Gasteiger partial charge in [0.2, 0.25) is 10.0 Å². The van der Waals surface area contributed by atoms with Crippen molar-refractivity contribution in [2.24, 2.45) is 0 Å². The van der Waals surface area contributed by atoms with Crippen molar-refractivity contribution in [2.75, 3.05) is 12.3 Å². The number of hydrogen-bond donors (Lipinski definition) is 2. The maximum atomic E-state index is 12.0. The molecule has 0 bridgehead atoms. The maximum absolute atomic E-state index is 12.0. The fraction of sp³-hybridized carbons (Fsp3) is 0.250. The van der Waals surface area contributed by atoms with Gasteiger partial charge in [-0.05, 0) is 36.6 Å². The Kier molecular flexibility index (Phi) is 4.98. The van der Waals surface area contributed by atoms with Crippen molar-refractivity contribution in [1.29, 1.82) is 0 Å². The highest BCUT2D eigenvalue weighted by Crippen LogP contribution is 2.08. The van der Waals surface area contributed by atoms with Crippen LogP contribution in [0.5, 0.6) is 0 Å². The SMILES string of the molecule is Cc1cccc(CS(=O)(=O)NCCc2ccc(N)cc2)c1. The zero-order valence-corrected chi connectivity index (χ0v) is 12.9. The predicted octanol–water partition coefficient (Wildman–Crippen LogP) is 2.24. The first-order chi connectivity index (χ1) is 9.94. The van der Waals surface area contributed by atoms with Crippen LogP contribution in [0.25, 0.3) is 0 Å². The standard InChI is InChI=1S/C16H20N2O2S/c1-13-3-2-4-15(11-13)12-21(19,20)18-10-9-14-5-7-16(17)8-6-14/h2-8,11,18H,9-10,12,17H2,1H3. The molecule has 0 aliphatic carbocycles. The molecule has 2 aromatic carbocycles. The first kappa shape index (κ1) is 15.5. The number of nitrogen functional groups attached to an aromatic ring is 1. The zero-order valence-electron chi connectivity index (χ0n) is 12.0. The Balaban J connectivity index is 1.88. The predicted molar refractivity (Wildman–Crippen MR) is 86.4 cm³/mol. The van der Waals surface area contributed by atoms with Gasteiger partial charge in [0, 0.05) is 12.2 Å². The van der Waals surface area contributed by atoms with Gasteiger partial charge in [-0.2, -0.15) is 0 Å². The lowest BCUT2D eigenvalue weighted by atomic mass is 10.1. The second kappa shape index (κ2) is 6.74. The molecular formula is C16H20N2O2S. The molecule has 112 valence electrons. The molecule has 0 saturated carbocycles. The molecule has 0 atom stereocenters. The van der Waals surface area contributed by atoms with Gasteiger partial charge in [-0.3, -0.25) is 0 Å². The molecule has 0 fully saturated rings. The van der Waals surface area contributed by atoms with Gasteiger partial charge in [0.1, 0.15) is 0 Å². The molecule has 5 heteroatoms. The summed E-state index contributed by atoms with van der Waals surface area (Å²) in [6.07, 6.45) is 0.646. The normalized spacial score (nSPS) is 11.5. The molecule has 0 unspecified atom stereocenters. The minimum atomic E-state index is -3.30. The molecule has 21 heavy (non-hydrogen) atoms. The summed E-state index contributed by atoms with van der Waals surface area (Å²) < 4.78 is 26.7. The number of benzene rings is 2. The lowest BCUT2D eigenvalue weighted by molar-refractivity contribution is 0.581. The first-order valence-corrected chi connectivity index (χ1v) is 8.47. The van der Waals surface area contributed by atoms with Crippen molar-refractivity contribution in [3.63, 3.8) is 0 Å². The molecule has 0 aliphatic rings. The molecule has 2 rings (SSSR count). The van der Waals surface area contributed by atoms with Gasteiger partial charge in [0.15, 0.2) is 0 Å². The number of anilines is 1. The van der Waals surface area contributed by atoms with Crippen LogP contribution in [-0.4, -0.2) is 15.0 Å². The van der Waals surface area contributed by atoms with E-state index in [2.05, 4.69) is 4.72 Å². The Bertz CT molecular complexity index is 694. The summed E-state index contributed by atoms with van der Waals surface area (Å²) >= 11 is 0. The Labute approximate surface area is 126 Å². The zero-order chi connectivity index (χ0) is 15.3. The topological polar surface area (TPSA) is 72.2 Å². The monoisotopic (exact) mass is 304 g/mol. The van der Waals surface area contributed by atoms with Crippen LogP contribution in [0.3, 0.4) is 0 Å². The van der Waals surface area contributed by atoms with E-state index in [1.54, 1.807) is 0 Å². The second-order valence-corrected chi connectivity index (χ2v) is 6.94. The van der Waals surface area contributed by atoms with Crippen molar-refractivity contribution in [3.8, 4) is 0 Å². The Morgan fingerprint density at radius 1 is 1.05 bits per heavy atom. The molecule has 0 aliphatic heterocycles. The molecule has 3 N–H and O–H groups in total. The lowest BCUT2D eigenvalue weighted by Crippen LogP contribution is -2.27. The van der Waals surface area contributed by atoms with Gasteiger partial charge in [-0.1, -0.05) is 42.0 Å². The molecule has 2 aromatic rings. The van der Waals surface area contributed by atoms with Crippen molar-refractivity contribution < 1.29 is 8.42 Å². The van der Waals surface area contributed by atoms with Gasteiger partial charge >= 0.3 is 0 Å². The minimum absolute atomic E-state index is 0.0103. The van der Waals surface area contributed by atoms with Gasteiger partial charge < -0.3 is 5.73 Å². The number of nitrogens with two attached hydrogens (primary N) is 1. The number of hydrogen-bond acceptors (Lipinski definition) is 3. The van der Waals surface area contributed by atoms with E-state index < -0.39 is 10.0 Å². The second-order valence-electron chi connectivity index (χ2n) is 5.13. The van der Waals surface area contributed by atoms with Crippen LogP contribution < -0.4 is 10.5 Å². The fourth-order valence-electron chi connectivity index (χ4n) is 2.11. The van der Waals surface area contributed by atoms with Crippen LogP contribution in [0, 0.1) is 6.92 Å². The van der Waals surface area contributed by atoms with E-state index in [0.717, 1.165) is 16.7 Å².